The molecule has 0 aliphatic rings. The predicted molar refractivity (Wildman–Crippen MR) is 88.1 cm³/mol. The summed E-state index contributed by atoms with van der Waals surface area (Å²) >= 11 is 7.68. The van der Waals surface area contributed by atoms with Crippen molar-refractivity contribution in [3.05, 3.63) is 41.0 Å². The molecule has 0 fully saturated rings. The lowest BCUT2D eigenvalue weighted by Crippen LogP contribution is -2.26. The highest BCUT2D eigenvalue weighted by molar-refractivity contribution is 7.99. The van der Waals surface area contributed by atoms with Crippen LogP contribution in [0, 0.1) is 0 Å². The van der Waals surface area contributed by atoms with Gasteiger partial charge >= 0.3 is 0 Å². The molecule has 0 saturated heterocycles. The van der Waals surface area contributed by atoms with Gasteiger partial charge in [0, 0.05) is 24.3 Å². The van der Waals surface area contributed by atoms with E-state index >= 15 is 0 Å². The minimum Gasteiger partial charge on any atom is -0.396 e. The van der Waals surface area contributed by atoms with Crippen molar-refractivity contribution in [3.8, 4) is 0 Å². The number of amides is 1. The molecule has 4 nitrogen and oxygen atoms in total. The Bertz CT molecular complexity index is 622. The van der Waals surface area contributed by atoms with E-state index in [0.29, 0.717) is 22.8 Å². The number of aromatic nitrogens is 1. The molecule has 0 bridgehead atoms. The monoisotopic (exact) mass is 324 g/mol. The second kappa shape index (κ2) is 8.22. The predicted octanol–water partition coefficient (Wildman–Crippen LogP) is 2.73. The second-order valence-corrected chi connectivity index (χ2v) is 6.07. The summed E-state index contributed by atoms with van der Waals surface area (Å²) in [5.74, 6) is 1.58. The van der Waals surface area contributed by atoms with E-state index in [1.54, 1.807) is 17.8 Å². The van der Waals surface area contributed by atoms with Gasteiger partial charge in [-0.3, -0.25) is 4.79 Å². The minimum atomic E-state index is -0.141. The van der Waals surface area contributed by atoms with Crippen molar-refractivity contribution in [3.63, 3.8) is 0 Å². The van der Waals surface area contributed by atoms with E-state index in [1.807, 2.05) is 24.3 Å². The van der Waals surface area contributed by atoms with E-state index in [4.69, 9.17) is 16.7 Å². The molecule has 2 rings (SSSR count). The molecule has 1 aromatic heterocycles. The van der Waals surface area contributed by atoms with Crippen LogP contribution in [-0.4, -0.2) is 40.7 Å². The van der Waals surface area contributed by atoms with E-state index < -0.39 is 0 Å². The smallest absolute Gasteiger partial charge is 0.252 e. The number of fused-ring (bicyclic) bond motifs is 1. The third-order valence-electron chi connectivity index (χ3n) is 2.91. The van der Waals surface area contributed by atoms with Gasteiger partial charge in [-0.2, -0.15) is 11.8 Å². The molecule has 0 aliphatic heterocycles. The third kappa shape index (κ3) is 4.59. The number of benzene rings is 1. The van der Waals surface area contributed by atoms with Crippen LogP contribution < -0.4 is 5.32 Å². The van der Waals surface area contributed by atoms with Crippen LogP contribution in [0.5, 0.6) is 0 Å². The van der Waals surface area contributed by atoms with Crippen molar-refractivity contribution in [1.82, 2.24) is 10.3 Å². The molecule has 0 aliphatic carbocycles. The van der Waals surface area contributed by atoms with Gasteiger partial charge in [-0.15, -0.1) is 0 Å². The first kappa shape index (κ1) is 16.1. The Hall–Kier alpha value is -1.30. The summed E-state index contributed by atoms with van der Waals surface area (Å²) in [6.07, 6.45) is 0.781. The number of nitrogens with zero attached hydrogens (tertiary/aromatic N) is 1. The van der Waals surface area contributed by atoms with Gasteiger partial charge in [-0.25, -0.2) is 4.98 Å². The molecule has 21 heavy (non-hydrogen) atoms. The fourth-order valence-electron chi connectivity index (χ4n) is 1.93. The Kier molecular flexibility index (Phi) is 6.29. The van der Waals surface area contributed by atoms with Crippen LogP contribution in [0.25, 0.3) is 10.9 Å². The van der Waals surface area contributed by atoms with Crippen molar-refractivity contribution in [2.24, 2.45) is 0 Å². The van der Waals surface area contributed by atoms with Crippen LogP contribution in [0.4, 0.5) is 0 Å². The zero-order valence-electron chi connectivity index (χ0n) is 11.5. The highest BCUT2D eigenvalue weighted by Crippen LogP contribution is 2.20. The lowest BCUT2D eigenvalue weighted by molar-refractivity contribution is 0.0957. The molecule has 0 spiro atoms. The van der Waals surface area contributed by atoms with Gasteiger partial charge in [-0.05, 0) is 24.3 Å². The molecule has 0 radical (unpaired) electrons. The number of aliphatic hydroxyl groups is 1. The van der Waals surface area contributed by atoms with Crippen LogP contribution in [0.3, 0.4) is 0 Å². The van der Waals surface area contributed by atoms with E-state index in [1.165, 1.54) is 0 Å². The van der Waals surface area contributed by atoms with Gasteiger partial charge in [0.25, 0.3) is 5.91 Å². The van der Waals surface area contributed by atoms with E-state index in [-0.39, 0.29) is 12.5 Å². The van der Waals surface area contributed by atoms with Gasteiger partial charge in [0.05, 0.1) is 11.1 Å². The van der Waals surface area contributed by atoms with Gasteiger partial charge in [0.2, 0.25) is 0 Å². The number of halogens is 1. The van der Waals surface area contributed by atoms with E-state index in [9.17, 15) is 4.79 Å². The van der Waals surface area contributed by atoms with Crippen molar-refractivity contribution >= 4 is 40.2 Å². The Morgan fingerprint density at radius 1 is 1.33 bits per heavy atom. The van der Waals surface area contributed by atoms with Crippen molar-refractivity contribution < 1.29 is 9.90 Å². The maximum atomic E-state index is 12.3. The summed E-state index contributed by atoms with van der Waals surface area (Å²) in [5.41, 5.74) is 1.26. The molecule has 1 aromatic carbocycles. The Balaban J connectivity index is 1.99. The maximum absolute atomic E-state index is 12.3. The quantitative estimate of drug-likeness (QED) is 0.607. The Morgan fingerprint density at radius 3 is 2.95 bits per heavy atom. The third-order valence-corrected chi connectivity index (χ3v) is 4.17. The molecular formula is C15H17ClN2O2S. The first-order valence-corrected chi connectivity index (χ1v) is 8.27. The molecule has 6 heteroatoms. The Labute approximate surface area is 132 Å². The fraction of sp³-hybridized carbons (Fsp3) is 0.333. The molecule has 0 saturated carbocycles. The summed E-state index contributed by atoms with van der Waals surface area (Å²) in [4.78, 5) is 16.5. The SMILES string of the molecule is O=C(NCCSCCCO)c1cc(Cl)nc2ccccc12. The number of hydrogen-bond acceptors (Lipinski definition) is 4. The number of aliphatic hydroxyl groups excluding tert-OH is 1. The van der Waals surface area contributed by atoms with Crippen LogP contribution in [-0.2, 0) is 0 Å². The standard InChI is InChI=1S/C15H17ClN2O2S/c16-14-10-12(11-4-1-2-5-13(11)18-14)15(20)17-6-9-21-8-3-7-19/h1-2,4-5,10,19H,3,6-9H2,(H,17,20). The lowest BCUT2D eigenvalue weighted by Gasteiger charge is -2.08. The number of nitrogens with one attached hydrogen (secondary N) is 1. The highest BCUT2D eigenvalue weighted by atomic mass is 35.5. The molecule has 2 aromatic rings. The molecule has 0 unspecified atom stereocenters. The number of para-hydroxylation sites is 1. The average Bonchev–Trinajstić information content (AvgIpc) is 2.49. The fourth-order valence-corrected chi connectivity index (χ4v) is 2.92. The van der Waals surface area contributed by atoms with E-state index in [0.717, 1.165) is 23.3 Å². The molecule has 0 atom stereocenters. The van der Waals surface area contributed by atoms with Crippen molar-refractivity contribution in [2.45, 2.75) is 6.42 Å². The largest absolute Gasteiger partial charge is 0.396 e. The first-order chi connectivity index (χ1) is 10.2. The molecule has 1 heterocycles. The van der Waals surface area contributed by atoms with Crippen molar-refractivity contribution in [1.29, 1.82) is 0 Å². The van der Waals surface area contributed by atoms with Gasteiger partial charge in [-0.1, -0.05) is 29.8 Å². The lowest BCUT2D eigenvalue weighted by atomic mass is 10.1. The molecule has 112 valence electrons. The normalized spacial score (nSPS) is 10.8. The number of pyridine rings is 1. The molecule has 1 amide bonds. The first-order valence-electron chi connectivity index (χ1n) is 6.74. The van der Waals surface area contributed by atoms with Crippen molar-refractivity contribution in [2.75, 3.05) is 24.7 Å². The minimum absolute atomic E-state index is 0.141. The summed E-state index contributed by atoms with van der Waals surface area (Å²) in [7, 11) is 0. The van der Waals surface area contributed by atoms with Gasteiger partial charge in [0.1, 0.15) is 5.15 Å². The summed E-state index contributed by atoms with van der Waals surface area (Å²) in [6.45, 7) is 0.796. The number of carbonyl (C=O) groups is 1. The average molecular weight is 325 g/mol. The summed E-state index contributed by atoms with van der Waals surface area (Å²) < 4.78 is 0. The zero-order valence-corrected chi connectivity index (χ0v) is 13.1. The number of carbonyl (C=O) groups excluding carboxylic acids is 1. The number of hydrogen-bond donors (Lipinski definition) is 2. The van der Waals surface area contributed by atoms with Gasteiger partial charge < -0.3 is 10.4 Å². The maximum Gasteiger partial charge on any atom is 0.252 e. The Morgan fingerprint density at radius 2 is 2.14 bits per heavy atom. The zero-order chi connectivity index (χ0) is 15.1. The number of rotatable bonds is 7. The highest BCUT2D eigenvalue weighted by Gasteiger charge is 2.11. The van der Waals surface area contributed by atoms with E-state index in [2.05, 4.69) is 10.3 Å². The molecular weight excluding hydrogens is 308 g/mol. The van der Waals surface area contributed by atoms with Crippen LogP contribution in [0.2, 0.25) is 5.15 Å². The van der Waals surface area contributed by atoms with Crippen LogP contribution in [0.15, 0.2) is 30.3 Å². The summed E-state index contributed by atoms with van der Waals surface area (Å²) in [6, 6.07) is 9.04. The van der Waals surface area contributed by atoms with Gasteiger partial charge in [0.15, 0.2) is 0 Å². The summed E-state index contributed by atoms with van der Waals surface area (Å²) in [5, 5.41) is 12.7. The van der Waals surface area contributed by atoms with Crippen LogP contribution >= 0.6 is 23.4 Å². The topological polar surface area (TPSA) is 62.2 Å². The van der Waals surface area contributed by atoms with Crippen LogP contribution in [0.1, 0.15) is 16.8 Å². The molecule has 2 N–H and O–H groups in total. The second-order valence-electron chi connectivity index (χ2n) is 4.46. The number of thioether (sulfide) groups is 1.